The molecule has 0 heterocycles. The third-order valence-corrected chi connectivity index (χ3v) is 9.58. The highest BCUT2D eigenvalue weighted by molar-refractivity contribution is 7.92. The molecule has 218 valence electrons. The van der Waals surface area contributed by atoms with Gasteiger partial charge in [-0.15, -0.1) is 0 Å². The largest absolute Gasteiger partial charge is 0.497 e. The highest BCUT2D eigenvalue weighted by atomic mass is 35.5. The molecule has 0 spiro atoms. The zero-order chi connectivity index (χ0) is 29.6. The van der Waals surface area contributed by atoms with Crippen LogP contribution in [-0.2, 0) is 26.2 Å². The average molecular weight is 619 g/mol. The molecule has 4 rings (SSSR count). The van der Waals surface area contributed by atoms with Crippen molar-refractivity contribution in [2.45, 2.75) is 56.1 Å². The van der Waals surface area contributed by atoms with E-state index in [1.807, 2.05) is 0 Å². The second-order valence-electron chi connectivity index (χ2n) is 9.95. The molecule has 0 bridgehead atoms. The molecule has 8 nitrogen and oxygen atoms in total. The maximum absolute atomic E-state index is 14.0. The number of nitrogens with one attached hydrogen (secondary N) is 1. The summed E-state index contributed by atoms with van der Waals surface area (Å²) in [5.74, 6) is -0.386. The number of carbonyl (C=O) groups excluding carboxylic acids is 2. The highest BCUT2D eigenvalue weighted by Gasteiger charge is 2.33. The van der Waals surface area contributed by atoms with Crippen LogP contribution < -0.4 is 14.4 Å². The number of sulfonamides is 1. The van der Waals surface area contributed by atoms with Crippen molar-refractivity contribution in [1.82, 2.24) is 10.2 Å². The third-order valence-electron chi connectivity index (χ3n) is 7.19. The summed E-state index contributed by atoms with van der Waals surface area (Å²) in [4.78, 5) is 28.7. The van der Waals surface area contributed by atoms with Gasteiger partial charge in [0.2, 0.25) is 11.8 Å². The molecule has 0 unspecified atom stereocenters. The van der Waals surface area contributed by atoms with Gasteiger partial charge in [0.15, 0.2) is 0 Å². The Labute approximate surface area is 251 Å². The van der Waals surface area contributed by atoms with Crippen LogP contribution in [0.25, 0.3) is 0 Å². The summed E-state index contributed by atoms with van der Waals surface area (Å²) in [6, 6.07) is 18.4. The standard InChI is InChI=1S/C30H33Cl2N3O5S/c1-21(30(37)33-24-10-4-5-11-24)34(19-22-8-3-6-13-28(22)32)29(36)20-35(25-12-7-9-23(31)18-25)41(38,39)27-16-14-26(40-2)15-17-27/h3,6-9,12-18,21,24H,4-5,10-11,19-20H2,1-2H3,(H,33,37)/t21-/m0/s1. The molecule has 3 aromatic rings. The van der Waals surface area contributed by atoms with Gasteiger partial charge in [-0.2, -0.15) is 0 Å². The summed E-state index contributed by atoms with van der Waals surface area (Å²) in [7, 11) is -2.74. The molecule has 1 aliphatic rings. The van der Waals surface area contributed by atoms with Crippen molar-refractivity contribution in [2.75, 3.05) is 18.0 Å². The molecule has 1 saturated carbocycles. The Balaban J connectivity index is 1.69. The first kappa shape index (κ1) is 30.7. The van der Waals surface area contributed by atoms with Crippen LogP contribution in [0.2, 0.25) is 10.0 Å². The van der Waals surface area contributed by atoms with Crippen molar-refractivity contribution in [1.29, 1.82) is 0 Å². The summed E-state index contributed by atoms with van der Waals surface area (Å²) < 4.78 is 34.0. The number of anilines is 1. The van der Waals surface area contributed by atoms with Gasteiger partial charge in [-0.05, 0) is 73.9 Å². The summed E-state index contributed by atoms with van der Waals surface area (Å²) >= 11 is 12.6. The van der Waals surface area contributed by atoms with Gasteiger partial charge in [-0.1, -0.05) is 60.3 Å². The first-order chi connectivity index (χ1) is 19.6. The normalized spacial score (nSPS) is 14.3. The lowest BCUT2D eigenvalue weighted by Crippen LogP contribution is -2.52. The lowest BCUT2D eigenvalue weighted by molar-refractivity contribution is -0.139. The van der Waals surface area contributed by atoms with Gasteiger partial charge in [0.1, 0.15) is 18.3 Å². The maximum Gasteiger partial charge on any atom is 0.264 e. The van der Waals surface area contributed by atoms with E-state index in [0.29, 0.717) is 21.4 Å². The lowest BCUT2D eigenvalue weighted by atomic mass is 10.1. The van der Waals surface area contributed by atoms with E-state index in [-0.39, 0.29) is 29.1 Å². The van der Waals surface area contributed by atoms with Crippen LogP contribution in [0.3, 0.4) is 0 Å². The van der Waals surface area contributed by atoms with E-state index in [1.54, 1.807) is 49.4 Å². The van der Waals surface area contributed by atoms with Gasteiger partial charge in [-0.3, -0.25) is 13.9 Å². The van der Waals surface area contributed by atoms with E-state index in [2.05, 4.69) is 5.32 Å². The molecule has 0 saturated heterocycles. The van der Waals surface area contributed by atoms with Crippen LogP contribution >= 0.6 is 23.2 Å². The average Bonchev–Trinajstić information content (AvgIpc) is 3.48. The maximum atomic E-state index is 14.0. The van der Waals surface area contributed by atoms with Crippen molar-refractivity contribution in [3.8, 4) is 5.75 Å². The smallest absolute Gasteiger partial charge is 0.264 e. The minimum atomic E-state index is -4.23. The van der Waals surface area contributed by atoms with Gasteiger partial charge in [-0.25, -0.2) is 8.42 Å². The van der Waals surface area contributed by atoms with Crippen molar-refractivity contribution in [2.24, 2.45) is 0 Å². The Kier molecular flexibility index (Phi) is 10.2. The predicted octanol–water partition coefficient (Wildman–Crippen LogP) is 5.67. The second-order valence-corrected chi connectivity index (χ2v) is 12.7. The van der Waals surface area contributed by atoms with Crippen LogP contribution in [0.4, 0.5) is 5.69 Å². The fourth-order valence-electron chi connectivity index (χ4n) is 4.82. The van der Waals surface area contributed by atoms with Crippen molar-refractivity contribution < 1.29 is 22.7 Å². The molecule has 1 N–H and O–H groups in total. The van der Waals surface area contributed by atoms with Crippen LogP contribution in [0.5, 0.6) is 5.75 Å². The third kappa shape index (κ3) is 7.52. The number of ether oxygens (including phenoxy) is 1. The van der Waals surface area contributed by atoms with Gasteiger partial charge in [0.25, 0.3) is 10.0 Å². The molecule has 1 fully saturated rings. The number of benzene rings is 3. The summed E-state index contributed by atoms with van der Waals surface area (Å²) in [6.07, 6.45) is 3.86. The van der Waals surface area contributed by atoms with Crippen molar-refractivity contribution in [3.05, 3.63) is 88.4 Å². The zero-order valence-electron chi connectivity index (χ0n) is 22.9. The Morgan fingerprint density at radius 1 is 1.00 bits per heavy atom. The summed E-state index contributed by atoms with van der Waals surface area (Å²) in [5, 5.41) is 3.79. The molecule has 3 aromatic carbocycles. The molecule has 1 aliphatic carbocycles. The Morgan fingerprint density at radius 2 is 1.68 bits per heavy atom. The highest BCUT2D eigenvalue weighted by Crippen LogP contribution is 2.28. The minimum absolute atomic E-state index is 0.0176. The Hall–Kier alpha value is -3.27. The number of hydrogen-bond acceptors (Lipinski definition) is 5. The van der Waals surface area contributed by atoms with E-state index >= 15 is 0 Å². The lowest BCUT2D eigenvalue weighted by Gasteiger charge is -2.32. The van der Waals surface area contributed by atoms with Crippen LogP contribution in [0.1, 0.15) is 38.2 Å². The van der Waals surface area contributed by atoms with Crippen molar-refractivity contribution >= 4 is 50.7 Å². The SMILES string of the molecule is COc1ccc(S(=O)(=O)N(CC(=O)N(Cc2ccccc2Cl)[C@@H](C)C(=O)NC2CCCC2)c2cccc(Cl)c2)cc1. The van der Waals surface area contributed by atoms with E-state index in [0.717, 1.165) is 30.0 Å². The quantitative estimate of drug-likeness (QED) is 0.299. The van der Waals surface area contributed by atoms with E-state index in [4.69, 9.17) is 27.9 Å². The molecule has 2 amide bonds. The fraction of sp³-hybridized carbons (Fsp3) is 0.333. The number of methoxy groups -OCH3 is 1. The monoisotopic (exact) mass is 617 g/mol. The summed E-state index contributed by atoms with van der Waals surface area (Å²) in [5.41, 5.74) is 0.845. The van der Waals surface area contributed by atoms with Gasteiger partial charge >= 0.3 is 0 Å². The second kappa shape index (κ2) is 13.6. The number of halogens is 2. The predicted molar refractivity (Wildman–Crippen MR) is 161 cm³/mol. The summed E-state index contributed by atoms with van der Waals surface area (Å²) in [6.45, 7) is 1.09. The molecule has 11 heteroatoms. The number of nitrogens with zero attached hydrogens (tertiary/aromatic N) is 2. The minimum Gasteiger partial charge on any atom is -0.497 e. The molecular weight excluding hydrogens is 585 g/mol. The molecule has 41 heavy (non-hydrogen) atoms. The number of carbonyl (C=O) groups is 2. The number of amides is 2. The molecule has 0 radical (unpaired) electrons. The Bertz CT molecular complexity index is 1480. The first-order valence-electron chi connectivity index (χ1n) is 13.4. The van der Waals surface area contributed by atoms with Gasteiger partial charge in [0.05, 0.1) is 17.7 Å². The van der Waals surface area contributed by atoms with E-state index in [9.17, 15) is 18.0 Å². The fourth-order valence-corrected chi connectivity index (χ4v) is 6.61. The van der Waals surface area contributed by atoms with E-state index < -0.39 is 28.5 Å². The van der Waals surface area contributed by atoms with Crippen LogP contribution in [0, 0.1) is 0 Å². The Morgan fingerprint density at radius 3 is 2.32 bits per heavy atom. The zero-order valence-corrected chi connectivity index (χ0v) is 25.3. The van der Waals surface area contributed by atoms with E-state index in [1.165, 1.54) is 42.3 Å². The molecular formula is C30H33Cl2N3O5S. The number of hydrogen-bond donors (Lipinski definition) is 1. The topological polar surface area (TPSA) is 96.0 Å². The molecule has 1 atom stereocenters. The number of rotatable bonds is 11. The van der Waals surface area contributed by atoms with Gasteiger partial charge in [0, 0.05) is 22.6 Å². The van der Waals surface area contributed by atoms with Crippen molar-refractivity contribution in [3.63, 3.8) is 0 Å². The van der Waals surface area contributed by atoms with Crippen LogP contribution in [-0.4, -0.2) is 50.9 Å². The molecule has 0 aromatic heterocycles. The van der Waals surface area contributed by atoms with Crippen LogP contribution in [0.15, 0.2) is 77.7 Å². The van der Waals surface area contributed by atoms with Gasteiger partial charge < -0.3 is 15.0 Å². The molecule has 0 aliphatic heterocycles. The first-order valence-corrected chi connectivity index (χ1v) is 15.6.